The predicted molar refractivity (Wildman–Crippen MR) is 70.9 cm³/mol. The van der Waals surface area contributed by atoms with Crippen molar-refractivity contribution < 1.29 is 4.39 Å². The van der Waals surface area contributed by atoms with Gasteiger partial charge in [0, 0.05) is 12.7 Å². The maximum absolute atomic E-state index is 13.3. The second-order valence-electron chi connectivity index (χ2n) is 3.34. The molecule has 0 aliphatic heterocycles. The summed E-state index contributed by atoms with van der Waals surface area (Å²) in [5.74, 6) is -0.389. The van der Waals surface area contributed by atoms with Gasteiger partial charge < -0.3 is 10.6 Å². The molecule has 0 aliphatic carbocycles. The predicted octanol–water partition coefficient (Wildman–Crippen LogP) is 4.00. The van der Waals surface area contributed by atoms with Crippen LogP contribution in [0.15, 0.2) is 34.1 Å². The molecular weight excluding hydrogens is 291 g/mol. The molecule has 0 atom stereocenters. The van der Waals surface area contributed by atoms with Crippen LogP contribution in [-0.2, 0) is 0 Å². The lowest BCUT2D eigenvalue weighted by atomic mass is 10.2. The van der Waals surface area contributed by atoms with Gasteiger partial charge in [0.05, 0.1) is 14.5 Å². The third-order valence-electron chi connectivity index (χ3n) is 2.26. The van der Waals surface area contributed by atoms with Gasteiger partial charge in [-0.25, -0.2) is 4.39 Å². The third-order valence-corrected chi connectivity index (χ3v) is 3.96. The van der Waals surface area contributed by atoms with Crippen LogP contribution in [0.25, 0.3) is 0 Å². The van der Waals surface area contributed by atoms with Crippen molar-refractivity contribution in [1.29, 1.82) is 0 Å². The molecule has 16 heavy (non-hydrogen) atoms. The smallest absolute Gasteiger partial charge is 0.148 e. The van der Waals surface area contributed by atoms with E-state index in [-0.39, 0.29) is 11.5 Å². The fourth-order valence-electron chi connectivity index (χ4n) is 1.34. The van der Waals surface area contributed by atoms with E-state index in [1.165, 1.54) is 6.07 Å². The molecule has 2 rings (SSSR count). The average molecular weight is 301 g/mol. The Labute approximate surface area is 106 Å². The molecule has 0 unspecified atom stereocenters. The highest BCUT2D eigenvalue weighted by molar-refractivity contribution is 9.11. The summed E-state index contributed by atoms with van der Waals surface area (Å²) >= 11 is 4.99. The summed E-state index contributed by atoms with van der Waals surface area (Å²) in [5.41, 5.74) is 6.38. The molecule has 5 heteroatoms. The van der Waals surface area contributed by atoms with Crippen LogP contribution in [-0.4, -0.2) is 7.05 Å². The van der Waals surface area contributed by atoms with Crippen LogP contribution in [0.2, 0.25) is 0 Å². The molecule has 0 saturated heterocycles. The van der Waals surface area contributed by atoms with Gasteiger partial charge in [0.1, 0.15) is 5.82 Å². The minimum atomic E-state index is -0.389. The second-order valence-corrected chi connectivity index (χ2v) is 5.78. The molecule has 2 aromatic rings. The van der Waals surface area contributed by atoms with E-state index in [4.69, 9.17) is 5.73 Å². The van der Waals surface area contributed by atoms with Gasteiger partial charge in [-0.05, 0) is 46.3 Å². The van der Waals surface area contributed by atoms with Crippen molar-refractivity contribution >= 4 is 43.6 Å². The highest BCUT2D eigenvalue weighted by Gasteiger charge is 2.08. The molecule has 1 aromatic heterocycles. The molecule has 0 bridgehead atoms. The molecule has 1 heterocycles. The van der Waals surface area contributed by atoms with Crippen LogP contribution < -0.4 is 10.6 Å². The molecule has 1 aromatic carbocycles. The van der Waals surface area contributed by atoms with Crippen molar-refractivity contribution in [1.82, 2.24) is 0 Å². The number of benzene rings is 1. The van der Waals surface area contributed by atoms with Gasteiger partial charge in [-0.3, -0.25) is 0 Å². The first-order valence-corrected chi connectivity index (χ1v) is 6.23. The molecule has 0 spiro atoms. The fourth-order valence-corrected chi connectivity index (χ4v) is 2.68. The van der Waals surface area contributed by atoms with Gasteiger partial charge in [0.25, 0.3) is 0 Å². The first-order chi connectivity index (χ1) is 7.58. The van der Waals surface area contributed by atoms with Crippen molar-refractivity contribution in [2.24, 2.45) is 0 Å². The van der Waals surface area contributed by atoms with E-state index in [1.807, 2.05) is 24.1 Å². The zero-order valence-electron chi connectivity index (χ0n) is 8.58. The SMILES string of the molecule is CN(c1ccc(N)c(F)c1)c1ccc(Br)s1. The van der Waals surface area contributed by atoms with Crippen LogP contribution in [0.3, 0.4) is 0 Å². The topological polar surface area (TPSA) is 29.3 Å². The molecule has 0 radical (unpaired) electrons. The standard InChI is InChI=1S/C11H10BrFN2S/c1-15(11-5-4-10(12)16-11)7-2-3-9(14)8(13)6-7/h2-6H,14H2,1H3. The highest BCUT2D eigenvalue weighted by atomic mass is 79.9. The van der Waals surface area contributed by atoms with Crippen LogP contribution in [0.1, 0.15) is 0 Å². The van der Waals surface area contributed by atoms with Gasteiger partial charge in [-0.15, -0.1) is 11.3 Å². The van der Waals surface area contributed by atoms with E-state index in [0.29, 0.717) is 0 Å². The zero-order chi connectivity index (χ0) is 11.7. The van der Waals surface area contributed by atoms with Crippen LogP contribution in [0.5, 0.6) is 0 Å². The number of halogens is 2. The summed E-state index contributed by atoms with van der Waals surface area (Å²) in [5, 5.41) is 1.04. The molecule has 2 N–H and O–H groups in total. The lowest BCUT2D eigenvalue weighted by molar-refractivity contribution is 0.632. The summed E-state index contributed by atoms with van der Waals surface area (Å²) in [4.78, 5) is 1.91. The van der Waals surface area contributed by atoms with Crippen LogP contribution in [0, 0.1) is 5.82 Å². The van der Waals surface area contributed by atoms with Gasteiger partial charge >= 0.3 is 0 Å². The molecule has 2 nitrogen and oxygen atoms in total. The van der Waals surface area contributed by atoms with Crippen molar-refractivity contribution in [3.05, 3.63) is 39.9 Å². The number of anilines is 3. The minimum Gasteiger partial charge on any atom is -0.396 e. The van der Waals surface area contributed by atoms with Gasteiger partial charge in [-0.2, -0.15) is 0 Å². The summed E-state index contributed by atoms with van der Waals surface area (Å²) in [6.07, 6.45) is 0. The monoisotopic (exact) mass is 300 g/mol. The van der Waals surface area contributed by atoms with Gasteiger partial charge in [0.15, 0.2) is 0 Å². The number of thiophene rings is 1. The summed E-state index contributed by atoms with van der Waals surface area (Å²) in [6.45, 7) is 0. The Balaban J connectivity index is 2.33. The summed E-state index contributed by atoms with van der Waals surface area (Å²) < 4.78 is 14.3. The van der Waals surface area contributed by atoms with Crippen molar-refractivity contribution in [2.75, 3.05) is 17.7 Å². The van der Waals surface area contributed by atoms with Gasteiger partial charge in [0.2, 0.25) is 0 Å². The Hall–Kier alpha value is -1.07. The maximum atomic E-state index is 13.3. The summed E-state index contributed by atoms with van der Waals surface area (Å²) in [7, 11) is 1.89. The Bertz CT molecular complexity index is 512. The van der Waals surface area contributed by atoms with E-state index >= 15 is 0 Å². The van der Waals surface area contributed by atoms with Crippen molar-refractivity contribution in [2.45, 2.75) is 0 Å². The molecule has 0 fully saturated rings. The summed E-state index contributed by atoms with van der Waals surface area (Å²) in [6, 6.07) is 8.74. The van der Waals surface area contributed by atoms with E-state index in [0.717, 1.165) is 14.5 Å². The van der Waals surface area contributed by atoms with Crippen molar-refractivity contribution in [3.8, 4) is 0 Å². The Morgan fingerprint density at radius 2 is 2.06 bits per heavy atom. The molecule has 0 amide bonds. The largest absolute Gasteiger partial charge is 0.396 e. The first kappa shape index (κ1) is 11.4. The number of rotatable bonds is 2. The zero-order valence-corrected chi connectivity index (χ0v) is 11.0. The van der Waals surface area contributed by atoms with Crippen LogP contribution >= 0.6 is 27.3 Å². The third kappa shape index (κ3) is 2.20. The normalized spacial score (nSPS) is 10.4. The van der Waals surface area contributed by atoms with Crippen molar-refractivity contribution in [3.63, 3.8) is 0 Å². The van der Waals surface area contributed by atoms with E-state index in [1.54, 1.807) is 23.5 Å². The number of nitrogen functional groups attached to an aromatic ring is 1. The Morgan fingerprint density at radius 1 is 1.31 bits per heavy atom. The number of nitrogens with zero attached hydrogens (tertiary/aromatic N) is 1. The Morgan fingerprint density at radius 3 is 2.62 bits per heavy atom. The number of hydrogen-bond donors (Lipinski definition) is 1. The molecule has 0 saturated carbocycles. The minimum absolute atomic E-state index is 0.171. The Kier molecular flexibility index (Phi) is 3.16. The quantitative estimate of drug-likeness (QED) is 0.850. The average Bonchev–Trinajstić information content (AvgIpc) is 2.68. The molecule has 0 aliphatic rings. The second kappa shape index (κ2) is 4.43. The first-order valence-electron chi connectivity index (χ1n) is 4.62. The molecular formula is C11H10BrFN2S. The van der Waals surface area contributed by atoms with Crippen LogP contribution in [0.4, 0.5) is 20.8 Å². The number of hydrogen-bond acceptors (Lipinski definition) is 3. The van der Waals surface area contributed by atoms with E-state index in [9.17, 15) is 4.39 Å². The van der Waals surface area contributed by atoms with E-state index in [2.05, 4.69) is 15.9 Å². The van der Waals surface area contributed by atoms with E-state index < -0.39 is 0 Å². The lowest BCUT2D eigenvalue weighted by Crippen LogP contribution is -2.08. The fraction of sp³-hybridized carbons (Fsp3) is 0.0909. The molecule has 84 valence electrons. The van der Waals surface area contributed by atoms with Gasteiger partial charge in [-0.1, -0.05) is 0 Å². The number of nitrogens with two attached hydrogens (primary N) is 1. The lowest BCUT2D eigenvalue weighted by Gasteiger charge is -2.17. The maximum Gasteiger partial charge on any atom is 0.148 e. The highest BCUT2D eigenvalue weighted by Crippen LogP contribution is 2.34.